The molecule has 0 heterocycles. The standard InChI is InChI=1S/C77H146N2O4/c1-7-11-15-19-28-40-53-71-67(49-36-17-13-9-3)59-61-69(73(71)55-42-30-21-22-35-47-65-80)51-38-26-23-32-44-57-76(83)79-77(5,6)63-45-33-24-31-43-56-74-70(52-39-27-25-34-46-64-78-75(82)58-48-66-81)62-60-68(50-37-18-14-10-4)72(74)54-41-29-20-16-12-8-2/h65-74H,7-64H2,1-6H3,(H,78,82)(H,79,83). The van der Waals surface area contributed by atoms with Crippen molar-refractivity contribution in [2.45, 2.75) is 413 Å². The number of carbonyl (C=O) groups is 4. The summed E-state index contributed by atoms with van der Waals surface area (Å²) in [5.74, 6) is 7.67. The van der Waals surface area contributed by atoms with Gasteiger partial charge in [-0.3, -0.25) is 9.59 Å². The Morgan fingerprint density at radius 1 is 0.337 bits per heavy atom. The van der Waals surface area contributed by atoms with Gasteiger partial charge in [-0.1, -0.05) is 291 Å². The van der Waals surface area contributed by atoms with Gasteiger partial charge in [0.1, 0.15) is 12.6 Å². The third-order valence-electron chi connectivity index (χ3n) is 21.2. The van der Waals surface area contributed by atoms with E-state index in [1.807, 2.05) is 0 Å². The SMILES string of the molecule is CCCCCCCCC1C(CCCCCC)CCC(CCCCCCCC(=O)NC(C)(C)CCCCCCCC2C(CCCCCCCNC(=O)CCC=O)CCC(CCCCCC)C2CCCCCCCC)C1CCCCCCCC=O. The van der Waals surface area contributed by atoms with Crippen LogP contribution in [0.4, 0.5) is 0 Å². The molecule has 83 heavy (non-hydrogen) atoms. The zero-order valence-electron chi connectivity index (χ0n) is 56.9. The number of hydrogen-bond acceptors (Lipinski definition) is 4. The highest BCUT2D eigenvalue weighted by Gasteiger charge is 2.39. The number of amides is 2. The Morgan fingerprint density at radius 3 is 1.01 bits per heavy atom. The molecule has 2 aliphatic carbocycles. The summed E-state index contributed by atoms with van der Waals surface area (Å²) in [7, 11) is 0. The minimum atomic E-state index is -0.135. The average molecular weight is 1160 g/mol. The third kappa shape index (κ3) is 40.4. The molecule has 0 saturated heterocycles. The van der Waals surface area contributed by atoms with Crippen LogP contribution in [-0.4, -0.2) is 36.5 Å². The zero-order chi connectivity index (χ0) is 60.1. The van der Waals surface area contributed by atoms with E-state index in [2.05, 4.69) is 52.2 Å². The third-order valence-corrected chi connectivity index (χ3v) is 21.2. The highest BCUT2D eigenvalue weighted by atomic mass is 16.2. The second-order valence-corrected chi connectivity index (χ2v) is 28.8. The molecule has 0 radical (unpaired) electrons. The molecule has 2 saturated carbocycles. The molecule has 6 heteroatoms. The highest BCUT2D eigenvalue weighted by molar-refractivity contribution is 5.78. The quantitative estimate of drug-likeness (QED) is 0.0469. The van der Waals surface area contributed by atoms with E-state index in [0.717, 1.165) is 98.6 Å². The number of nitrogens with one attached hydrogen (secondary N) is 2. The first-order valence-corrected chi connectivity index (χ1v) is 38.1. The first-order chi connectivity index (χ1) is 40.6. The van der Waals surface area contributed by atoms with Crippen LogP contribution < -0.4 is 10.6 Å². The summed E-state index contributed by atoms with van der Waals surface area (Å²) >= 11 is 0. The van der Waals surface area contributed by atoms with Gasteiger partial charge in [0.2, 0.25) is 11.8 Å². The van der Waals surface area contributed by atoms with Crippen LogP contribution in [0.2, 0.25) is 0 Å². The number of rotatable bonds is 60. The van der Waals surface area contributed by atoms with Crippen molar-refractivity contribution in [3.8, 4) is 0 Å². The number of carbonyl (C=O) groups excluding carboxylic acids is 4. The van der Waals surface area contributed by atoms with Crippen LogP contribution in [0.3, 0.4) is 0 Å². The van der Waals surface area contributed by atoms with Gasteiger partial charge in [-0.25, -0.2) is 0 Å². The molecule has 2 amide bonds. The summed E-state index contributed by atoms with van der Waals surface area (Å²) in [6.45, 7) is 14.6. The van der Waals surface area contributed by atoms with Crippen molar-refractivity contribution in [2.75, 3.05) is 6.54 Å². The van der Waals surface area contributed by atoms with E-state index in [-0.39, 0.29) is 17.4 Å². The first kappa shape index (κ1) is 77.4. The Kier molecular flexibility index (Phi) is 50.7. The Bertz CT molecular complexity index is 1480. The van der Waals surface area contributed by atoms with Crippen LogP contribution in [0.5, 0.6) is 0 Å². The lowest BCUT2D eigenvalue weighted by atomic mass is 9.61. The molecule has 0 aromatic carbocycles. The molecule has 2 fully saturated rings. The molecule has 2 aliphatic rings. The van der Waals surface area contributed by atoms with Gasteiger partial charge in [-0.2, -0.15) is 0 Å². The minimum absolute atomic E-state index is 0.0126. The Hall–Kier alpha value is -1.72. The van der Waals surface area contributed by atoms with Gasteiger partial charge in [0.15, 0.2) is 0 Å². The van der Waals surface area contributed by atoms with E-state index >= 15 is 0 Å². The fourth-order valence-corrected chi connectivity index (χ4v) is 16.2. The predicted molar refractivity (Wildman–Crippen MR) is 361 cm³/mol. The van der Waals surface area contributed by atoms with Gasteiger partial charge in [-0.05, 0) is 138 Å². The number of unbranched alkanes of at least 4 members (excludes halogenated alkanes) is 33. The summed E-state index contributed by atoms with van der Waals surface area (Å²) in [6, 6.07) is 0. The zero-order valence-corrected chi connectivity index (χ0v) is 56.9. The maximum absolute atomic E-state index is 13.3. The smallest absolute Gasteiger partial charge is 0.220 e. The van der Waals surface area contributed by atoms with Gasteiger partial charge in [0.05, 0.1) is 0 Å². The van der Waals surface area contributed by atoms with E-state index in [1.165, 1.54) is 315 Å². The van der Waals surface area contributed by atoms with E-state index in [0.29, 0.717) is 19.3 Å². The second-order valence-electron chi connectivity index (χ2n) is 28.8. The van der Waals surface area contributed by atoms with Crippen molar-refractivity contribution in [3.63, 3.8) is 0 Å². The lowest BCUT2D eigenvalue weighted by Gasteiger charge is -2.44. The summed E-state index contributed by atoms with van der Waals surface area (Å²) in [5.41, 5.74) is -0.135. The van der Waals surface area contributed by atoms with Crippen LogP contribution in [0.25, 0.3) is 0 Å². The maximum Gasteiger partial charge on any atom is 0.220 e. The van der Waals surface area contributed by atoms with E-state index in [9.17, 15) is 19.2 Å². The summed E-state index contributed by atoms with van der Waals surface area (Å²) in [5, 5.41) is 6.47. The van der Waals surface area contributed by atoms with Crippen LogP contribution >= 0.6 is 0 Å². The average Bonchev–Trinajstić information content (AvgIpc) is 3.65. The molecule has 0 aromatic rings. The normalized spacial score (nSPS) is 21.1. The molecule has 0 spiro atoms. The Labute approximate surface area is 518 Å². The van der Waals surface area contributed by atoms with Crippen LogP contribution in [0.1, 0.15) is 408 Å². The van der Waals surface area contributed by atoms with Gasteiger partial charge in [-0.15, -0.1) is 0 Å². The second kappa shape index (κ2) is 54.4. The molecule has 8 atom stereocenters. The van der Waals surface area contributed by atoms with Crippen molar-refractivity contribution >= 4 is 24.4 Å². The molecule has 2 rings (SSSR count). The predicted octanol–water partition coefficient (Wildman–Crippen LogP) is 23.7. The van der Waals surface area contributed by atoms with Crippen molar-refractivity contribution in [3.05, 3.63) is 0 Å². The summed E-state index contributed by atoms with van der Waals surface area (Å²) in [6.07, 6.45) is 75.9. The van der Waals surface area contributed by atoms with Crippen LogP contribution in [-0.2, 0) is 19.2 Å². The lowest BCUT2D eigenvalue weighted by molar-refractivity contribution is -0.123. The highest BCUT2D eigenvalue weighted by Crippen LogP contribution is 2.49. The van der Waals surface area contributed by atoms with Gasteiger partial charge >= 0.3 is 0 Å². The maximum atomic E-state index is 13.3. The molecule has 2 N–H and O–H groups in total. The van der Waals surface area contributed by atoms with E-state index < -0.39 is 0 Å². The molecular weight excluding hydrogens is 1020 g/mol. The number of hydrogen-bond donors (Lipinski definition) is 2. The van der Waals surface area contributed by atoms with Crippen molar-refractivity contribution in [2.24, 2.45) is 47.3 Å². The molecule has 0 aromatic heterocycles. The molecule has 0 aliphatic heterocycles. The molecule has 488 valence electrons. The lowest BCUT2D eigenvalue weighted by Crippen LogP contribution is -2.43. The molecular formula is C77H146N2O4. The van der Waals surface area contributed by atoms with Gasteiger partial charge in [0, 0.05) is 37.8 Å². The van der Waals surface area contributed by atoms with Crippen LogP contribution in [0, 0.1) is 47.3 Å². The molecule has 8 unspecified atom stereocenters. The fourth-order valence-electron chi connectivity index (χ4n) is 16.2. The summed E-state index contributed by atoms with van der Waals surface area (Å²) < 4.78 is 0. The van der Waals surface area contributed by atoms with Crippen molar-refractivity contribution < 1.29 is 19.2 Å². The van der Waals surface area contributed by atoms with Gasteiger partial charge < -0.3 is 20.2 Å². The first-order valence-electron chi connectivity index (χ1n) is 38.1. The summed E-state index contributed by atoms with van der Waals surface area (Å²) in [4.78, 5) is 46.7. The fraction of sp³-hybridized carbons (Fsp3) is 0.948. The van der Waals surface area contributed by atoms with E-state index in [1.54, 1.807) is 0 Å². The molecule has 6 nitrogen and oxygen atoms in total. The largest absolute Gasteiger partial charge is 0.356 e. The Balaban J connectivity index is 1.84. The van der Waals surface area contributed by atoms with E-state index in [4.69, 9.17) is 0 Å². The van der Waals surface area contributed by atoms with Crippen molar-refractivity contribution in [1.29, 1.82) is 0 Å². The monoisotopic (exact) mass is 1160 g/mol. The minimum Gasteiger partial charge on any atom is -0.356 e. The number of aldehydes is 2. The van der Waals surface area contributed by atoms with Crippen molar-refractivity contribution in [1.82, 2.24) is 10.6 Å². The topological polar surface area (TPSA) is 92.3 Å². The van der Waals surface area contributed by atoms with Gasteiger partial charge in [0.25, 0.3) is 0 Å². The van der Waals surface area contributed by atoms with Crippen LogP contribution in [0.15, 0.2) is 0 Å². The Morgan fingerprint density at radius 2 is 0.639 bits per heavy atom. The molecule has 0 bridgehead atoms.